The third-order valence-corrected chi connectivity index (χ3v) is 2.77. The molecule has 0 bridgehead atoms. The van der Waals surface area contributed by atoms with Crippen LogP contribution in [0.5, 0.6) is 0 Å². The van der Waals surface area contributed by atoms with Gasteiger partial charge < -0.3 is 5.11 Å². The first-order valence-electron chi connectivity index (χ1n) is 4.36. The molecule has 1 unspecified atom stereocenters. The molecule has 0 aromatic heterocycles. The van der Waals surface area contributed by atoms with Gasteiger partial charge in [0.2, 0.25) is 0 Å². The van der Waals surface area contributed by atoms with E-state index in [1.165, 1.54) is 17.8 Å². The summed E-state index contributed by atoms with van der Waals surface area (Å²) in [7, 11) is 0. The minimum absolute atomic E-state index is 0.228. The van der Waals surface area contributed by atoms with Gasteiger partial charge in [-0.2, -0.15) is 11.8 Å². The zero-order valence-electron chi connectivity index (χ0n) is 7.84. The number of rotatable bonds is 4. The van der Waals surface area contributed by atoms with Crippen molar-refractivity contribution in [2.24, 2.45) is 0 Å². The SMILES string of the molecule is CCSCC(O)c1c(F)cccc1F. The monoisotopic (exact) mass is 218 g/mol. The van der Waals surface area contributed by atoms with E-state index < -0.39 is 17.7 Å². The maximum atomic E-state index is 13.1. The number of halogens is 2. The summed E-state index contributed by atoms with van der Waals surface area (Å²) in [6.45, 7) is 1.93. The van der Waals surface area contributed by atoms with Crippen LogP contribution in [0.2, 0.25) is 0 Å². The first kappa shape index (κ1) is 11.5. The highest BCUT2D eigenvalue weighted by atomic mass is 32.2. The molecule has 1 N–H and O–H groups in total. The van der Waals surface area contributed by atoms with Crippen molar-refractivity contribution in [1.29, 1.82) is 0 Å². The molecule has 4 heteroatoms. The van der Waals surface area contributed by atoms with Crippen LogP contribution in [0.4, 0.5) is 8.78 Å². The second-order valence-corrected chi connectivity index (χ2v) is 4.13. The van der Waals surface area contributed by atoms with Crippen LogP contribution in [0.1, 0.15) is 18.6 Å². The Balaban J connectivity index is 2.82. The number of aliphatic hydroxyl groups is 1. The zero-order chi connectivity index (χ0) is 10.6. The van der Waals surface area contributed by atoms with Crippen molar-refractivity contribution >= 4 is 11.8 Å². The molecule has 1 rings (SSSR count). The van der Waals surface area contributed by atoms with Gasteiger partial charge in [0.1, 0.15) is 11.6 Å². The lowest BCUT2D eigenvalue weighted by Gasteiger charge is -2.11. The lowest BCUT2D eigenvalue weighted by molar-refractivity contribution is 0.193. The smallest absolute Gasteiger partial charge is 0.131 e. The third kappa shape index (κ3) is 2.69. The maximum Gasteiger partial charge on any atom is 0.131 e. The molecule has 14 heavy (non-hydrogen) atoms. The van der Waals surface area contributed by atoms with E-state index in [9.17, 15) is 13.9 Å². The van der Waals surface area contributed by atoms with Gasteiger partial charge in [-0.05, 0) is 17.9 Å². The molecule has 1 atom stereocenters. The Morgan fingerprint density at radius 1 is 1.36 bits per heavy atom. The summed E-state index contributed by atoms with van der Waals surface area (Å²) in [6.07, 6.45) is -1.07. The topological polar surface area (TPSA) is 20.2 Å². The molecule has 0 spiro atoms. The van der Waals surface area contributed by atoms with Crippen molar-refractivity contribution in [1.82, 2.24) is 0 Å². The van der Waals surface area contributed by atoms with Crippen LogP contribution in [-0.4, -0.2) is 16.6 Å². The van der Waals surface area contributed by atoms with E-state index in [2.05, 4.69) is 0 Å². The van der Waals surface area contributed by atoms with Crippen molar-refractivity contribution in [3.63, 3.8) is 0 Å². The van der Waals surface area contributed by atoms with Crippen LogP contribution < -0.4 is 0 Å². The second-order valence-electron chi connectivity index (χ2n) is 2.81. The Labute approximate surface area is 86.1 Å². The number of hydrogen-bond acceptors (Lipinski definition) is 2. The van der Waals surface area contributed by atoms with Gasteiger partial charge in [-0.15, -0.1) is 0 Å². The standard InChI is InChI=1S/C10H12F2OS/c1-2-14-6-9(13)10-7(11)4-3-5-8(10)12/h3-5,9,13H,2,6H2,1H3. The van der Waals surface area contributed by atoms with Crippen LogP contribution in [0.3, 0.4) is 0 Å². The largest absolute Gasteiger partial charge is 0.387 e. The highest BCUT2D eigenvalue weighted by molar-refractivity contribution is 7.99. The molecule has 0 saturated heterocycles. The Hall–Kier alpha value is -0.610. The van der Waals surface area contributed by atoms with Crippen molar-refractivity contribution < 1.29 is 13.9 Å². The first-order chi connectivity index (χ1) is 6.66. The lowest BCUT2D eigenvalue weighted by Crippen LogP contribution is -2.06. The summed E-state index contributed by atoms with van der Waals surface area (Å²) < 4.78 is 26.2. The van der Waals surface area contributed by atoms with Crippen molar-refractivity contribution in [2.45, 2.75) is 13.0 Å². The van der Waals surface area contributed by atoms with E-state index in [0.29, 0.717) is 5.75 Å². The molecule has 1 aromatic carbocycles. The van der Waals surface area contributed by atoms with E-state index in [1.807, 2.05) is 6.92 Å². The predicted octanol–water partition coefficient (Wildman–Crippen LogP) is 2.75. The van der Waals surface area contributed by atoms with E-state index in [-0.39, 0.29) is 5.56 Å². The van der Waals surface area contributed by atoms with Crippen molar-refractivity contribution in [2.75, 3.05) is 11.5 Å². The summed E-state index contributed by atoms with van der Waals surface area (Å²) in [4.78, 5) is 0. The van der Waals surface area contributed by atoms with Crippen LogP contribution >= 0.6 is 11.8 Å². The molecule has 0 saturated carbocycles. The molecule has 0 aliphatic rings. The van der Waals surface area contributed by atoms with Gasteiger partial charge in [0, 0.05) is 5.75 Å². The van der Waals surface area contributed by atoms with Gasteiger partial charge in [0.25, 0.3) is 0 Å². The summed E-state index contributed by atoms with van der Waals surface area (Å²) in [5, 5.41) is 9.51. The molecule has 0 fully saturated rings. The Morgan fingerprint density at radius 2 is 1.93 bits per heavy atom. The highest BCUT2D eigenvalue weighted by Crippen LogP contribution is 2.23. The van der Waals surface area contributed by atoms with Crippen LogP contribution in [0.25, 0.3) is 0 Å². The number of aliphatic hydroxyl groups excluding tert-OH is 1. The van der Waals surface area contributed by atoms with Gasteiger partial charge in [0.05, 0.1) is 11.7 Å². The van der Waals surface area contributed by atoms with Gasteiger partial charge >= 0.3 is 0 Å². The van der Waals surface area contributed by atoms with Gasteiger partial charge in [-0.25, -0.2) is 8.78 Å². The Kier molecular flexibility index (Phi) is 4.35. The van der Waals surface area contributed by atoms with E-state index >= 15 is 0 Å². The average Bonchev–Trinajstić information content (AvgIpc) is 2.14. The zero-order valence-corrected chi connectivity index (χ0v) is 8.65. The summed E-state index contributed by atoms with van der Waals surface area (Å²) >= 11 is 1.45. The minimum Gasteiger partial charge on any atom is -0.387 e. The molecule has 0 amide bonds. The first-order valence-corrected chi connectivity index (χ1v) is 5.52. The van der Waals surface area contributed by atoms with E-state index in [4.69, 9.17) is 0 Å². The van der Waals surface area contributed by atoms with Gasteiger partial charge in [-0.1, -0.05) is 13.0 Å². The van der Waals surface area contributed by atoms with Crippen LogP contribution in [-0.2, 0) is 0 Å². The summed E-state index contributed by atoms with van der Waals surface area (Å²) in [5.74, 6) is -0.245. The fourth-order valence-corrected chi connectivity index (χ4v) is 1.77. The second kappa shape index (κ2) is 5.32. The minimum atomic E-state index is -1.07. The Bertz CT molecular complexity index is 284. The Morgan fingerprint density at radius 3 is 2.43 bits per heavy atom. The summed E-state index contributed by atoms with van der Waals surface area (Å²) in [6, 6.07) is 3.59. The molecule has 1 nitrogen and oxygen atoms in total. The number of hydrogen-bond donors (Lipinski definition) is 1. The number of thioether (sulfide) groups is 1. The normalized spacial score (nSPS) is 12.9. The number of benzene rings is 1. The molecular weight excluding hydrogens is 206 g/mol. The predicted molar refractivity (Wildman–Crippen MR) is 54.3 cm³/mol. The average molecular weight is 218 g/mol. The lowest BCUT2D eigenvalue weighted by atomic mass is 10.1. The van der Waals surface area contributed by atoms with Crippen molar-refractivity contribution in [3.05, 3.63) is 35.4 Å². The third-order valence-electron chi connectivity index (χ3n) is 1.81. The molecule has 0 aliphatic heterocycles. The highest BCUT2D eigenvalue weighted by Gasteiger charge is 2.16. The fourth-order valence-electron chi connectivity index (χ4n) is 1.14. The van der Waals surface area contributed by atoms with E-state index in [0.717, 1.165) is 17.9 Å². The molecule has 0 aliphatic carbocycles. The molecule has 0 radical (unpaired) electrons. The molecule has 78 valence electrons. The van der Waals surface area contributed by atoms with Crippen LogP contribution in [0.15, 0.2) is 18.2 Å². The molecule has 1 aromatic rings. The molecular formula is C10H12F2OS. The van der Waals surface area contributed by atoms with Crippen LogP contribution in [0, 0.1) is 11.6 Å². The van der Waals surface area contributed by atoms with Gasteiger partial charge in [-0.3, -0.25) is 0 Å². The maximum absolute atomic E-state index is 13.1. The quantitative estimate of drug-likeness (QED) is 0.838. The molecule has 0 heterocycles. The van der Waals surface area contributed by atoms with E-state index in [1.54, 1.807) is 0 Å². The summed E-state index contributed by atoms with van der Waals surface area (Å²) in [5.41, 5.74) is -0.228. The van der Waals surface area contributed by atoms with Gasteiger partial charge in [0.15, 0.2) is 0 Å². The van der Waals surface area contributed by atoms with Crippen molar-refractivity contribution in [3.8, 4) is 0 Å². The fraction of sp³-hybridized carbons (Fsp3) is 0.400.